The first-order chi connectivity index (χ1) is 9.16. The molecule has 0 saturated carbocycles. The maximum atomic E-state index is 12.2. The predicted octanol–water partition coefficient (Wildman–Crippen LogP) is 2.36. The van der Waals surface area contributed by atoms with Crippen molar-refractivity contribution in [2.24, 2.45) is 0 Å². The van der Waals surface area contributed by atoms with Gasteiger partial charge in [0.05, 0.1) is 6.04 Å². The highest BCUT2D eigenvalue weighted by molar-refractivity contribution is 6.01. The zero-order valence-electron chi connectivity index (χ0n) is 10.8. The van der Waals surface area contributed by atoms with Crippen LogP contribution in [0.2, 0.25) is 0 Å². The summed E-state index contributed by atoms with van der Waals surface area (Å²) in [5, 5.41) is 5.65. The Balaban J connectivity index is 2.11. The molecule has 2 aliphatic rings. The van der Waals surface area contributed by atoms with E-state index in [-0.39, 0.29) is 17.9 Å². The molecule has 2 N–H and O–H groups in total. The highest BCUT2D eigenvalue weighted by Gasteiger charge is 2.34. The number of carbonyl (C=O) groups is 2. The SMILES string of the molecule is Cc1ccccc1C1NC(=O)NC2=C1C(=O)CCC2. The Hall–Kier alpha value is -2.10. The quantitative estimate of drug-likeness (QED) is 0.810. The summed E-state index contributed by atoms with van der Waals surface area (Å²) in [5.41, 5.74) is 3.62. The van der Waals surface area contributed by atoms with Crippen LogP contribution in [0.4, 0.5) is 4.79 Å². The van der Waals surface area contributed by atoms with Crippen LogP contribution >= 0.6 is 0 Å². The van der Waals surface area contributed by atoms with Crippen LogP contribution in [-0.2, 0) is 4.79 Å². The monoisotopic (exact) mass is 256 g/mol. The lowest BCUT2D eigenvalue weighted by atomic mass is 9.84. The number of benzene rings is 1. The van der Waals surface area contributed by atoms with Crippen molar-refractivity contribution in [3.8, 4) is 0 Å². The number of hydrogen-bond donors (Lipinski definition) is 2. The van der Waals surface area contributed by atoms with Gasteiger partial charge in [0, 0.05) is 17.7 Å². The first-order valence-corrected chi connectivity index (χ1v) is 6.56. The van der Waals surface area contributed by atoms with Crippen molar-refractivity contribution in [1.29, 1.82) is 0 Å². The summed E-state index contributed by atoms with van der Waals surface area (Å²) in [6, 6.07) is 7.33. The summed E-state index contributed by atoms with van der Waals surface area (Å²) < 4.78 is 0. The number of allylic oxidation sites excluding steroid dienone is 1. The minimum Gasteiger partial charge on any atom is -0.327 e. The lowest BCUT2D eigenvalue weighted by Crippen LogP contribution is -2.46. The van der Waals surface area contributed by atoms with Gasteiger partial charge in [0.1, 0.15) is 0 Å². The summed E-state index contributed by atoms with van der Waals surface area (Å²) in [5.74, 6) is 0.141. The van der Waals surface area contributed by atoms with E-state index >= 15 is 0 Å². The van der Waals surface area contributed by atoms with E-state index in [0.29, 0.717) is 6.42 Å². The van der Waals surface area contributed by atoms with Gasteiger partial charge in [-0.1, -0.05) is 24.3 Å². The summed E-state index contributed by atoms with van der Waals surface area (Å²) in [6.45, 7) is 2.00. The first-order valence-electron chi connectivity index (χ1n) is 6.56. The molecule has 0 bridgehead atoms. The number of urea groups is 1. The summed E-state index contributed by atoms with van der Waals surface area (Å²) in [7, 11) is 0. The number of aryl methyl sites for hydroxylation is 1. The van der Waals surface area contributed by atoms with Crippen molar-refractivity contribution in [1.82, 2.24) is 10.6 Å². The topological polar surface area (TPSA) is 58.2 Å². The molecule has 2 amide bonds. The number of nitrogens with one attached hydrogen (secondary N) is 2. The zero-order valence-corrected chi connectivity index (χ0v) is 10.8. The van der Waals surface area contributed by atoms with Crippen LogP contribution in [0.25, 0.3) is 0 Å². The zero-order chi connectivity index (χ0) is 13.4. The van der Waals surface area contributed by atoms with E-state index in [1.165, 1.54) is 0 Å². The third-order valence-corrected chi connectivity index (χ3v) is 3.78. The van der Waals surface area contributed by atoms with Gasteiger partial charge in [0.25, 0.3) is 0 Å². The minimum atomic E-state index is -0.308. The molecule has 0 fully saturated rings. The number of amides is 2. The van der Waals surface area contributed by atoms with Gasteiger partial charge in [0.15, 0.2) is 5.78 Å². The number of rotatable bonds is 1. The van der Waals surface area contributed by atoms with E-state index in [0.717, 1.165) is 35.2 Å². The van der Waals surface area contributed by atoms with Crippen LogP contribution in [-0.4, -0.2) is 11.8 Å². The largest absolute Gasteiger partial charge is 0.327 e. The van der Waals surface area contributed by atoms with Crippen LogP contribution in [0.15, 0.2) is 35.5 Å². The molecule has 0 radical (unpaired) electrons. The lowest BCUT2D eigenvalue weighted by molar-refractivity contribution is -0.116. The normalized spacial score (nSPS) is 22.7. The molecule has 0 aromatic heterocycles. The third-order valence-electron chi connectivity index (χ3n) is 3.78. The Labute approximate surface area is 111 Å². The van der Waals surface area contributed by atoms with Crippen LogP contribution < -0.4 is 10.6 Å². The van der Waals surface area contributed by atoms with Gasteiger partial charge in [-0.2, -0.15) is 0 Å². The smallest absolute Gasteiger partial charge is 0.319 e. The number of carbonyl (C=O) groups excluding carboxylic acids is 2. The molecule has 0 saturated heterocycles. The van der Waals surface area contributed by atoms with Crippen molar-refractivity contribution < 1.29 is 9.59 Å². The van der Waals surface area contributed by atoms with E-state index in [4.69, 9.17) is 0 Å². The molecule has 1 atom stereocenters. The highest BCUT2D eigenvalue weighted by Crippen LogP contribution is 2.34. The minimum absolute atomic E-state index is 0.141. The fraction of sp³-hybridized carbons (Fsp3) is 0.333. The van der Waals surface area contributed by atoms with Crippen molar-refractivity contribution >= 4 is 11.8 Å². The molecule has 0 spiro atoms. The Morgan fingerprint density at radius 1 is 1.16 bits per heavy atom. The predicted molar refractivity (Wildman–Crippen MR) is 71.5 cm³/mol. The average Bonchev–Trinajstić information content (AvgIpc) is 2.38. The van der Waals surface area contributed by atoms with Crippen molar-refractivity contribution in [2.45, 2.75) is 32.2 Å². The lowest BCUT2D eigenvalue weighted by Gasteiger charge is -2.32. The van der Waals surface area contributed by atoms with Crippen LogP contribution in [0.1, 0.15) is 36.4 Å². The molecule has 1 unspecified atom stereocenters. The summed E-state index contributed by atoms with van der Waals surface area (Å²) >= 11 is 0. The van der Waals surface area contributed by atoms with Gasteiger partial charge in [0.2, 0.25) is 0 Å². The van der Waals surface area contributed by atoms with E-state index in [9.17, 15) is 9.59 Å². The highest BCUT2D eigenvalue weighted by atomic mass is 16.2. The van der Waals surface area contributed by atoms with Crippen molar-refractivity contribution in [2.75, 3.05) is 0 Å². The van der Waals surface area contributed by atoms with Gasteiger partial charge in [-0.05, 0) is 30.9 Å². The molecule has 98 valence electrons. The Bertz CT molecular complexity index is 590. The molecule has 3 rings (SSSR count). The van der Waals surface area contributed by atoms with Crippen molar-refractivity contribution in [3.05, 3.63) is 46.7 Å². The fourth-order valence-electron chi connectivity index (χ4n) is 2.85. The second-order valence-electron chi connectivity index (χ2n) is 5.06. The number of Topliss-reactive ketones (excluding diaryl/α,β-unsaturated/α-hetero) is 1. The first kappa shape index (κ1) is 12.0. The van der Waals surface area contributed by atoms with Gasteiger partial charge in [-0.25, -0.2) is 4.79 Å². The molecular formula is C15H16N2O2. The van der Waals surface area contributed by atoms with E-state index in [1.54, 1.807) is 0 Å². The molecule has 1 aliphatic carbocycles. The molecular weight excluding hydrogens is 240 g/mol. The second-order valence-corrected chi connectivity index (χ2v) is 5.06. The Morgan fingerprint density at radius 3 is 2.74 bits per heavy atom. The van der Waals surface area contributed by atoms with Crippen LogP contribution in [0.3, 0.4) is 0 Å². The molecule has 4 nitrogen and oxygen atoms in total. The molecule has 4 heteroatoms. The maximum absolute atomic E-state index is 12.2. The fourth-order valence-corrected chi connectivity index (χ4v) is 2.85. The average molecular weight is 256 g/mol. The molecule has 1 aromatic carbocycles. The van der Waals surface area contributed by atoms with Gasteiger partial charge in [-0.15, -0.1) is 0 Å². The second kappa shape index (κ2) is 4.53. The van der Waals surface area contributed by atoms with Gasteiger partial charge in [-0.3, -0.25) is 4.79 Å². The molecule has 1 heterocycles. The van der Waals surface area contributed by atoms with E-state index < -0.39 is 0 Å². The van der Waals surface area contributed by atoms with E-state index in [1.807, 2.05) is 31.2 Å². The number of hydrogen-bond acceptors (Lipinski definition) is 2. The van der Waals surface area contributed by atoms with Crippen LogP contribution in [0.5, 0.6) is 0 Å². The molecule has 1 aliphatic heterocycles. The van der Waals surface area contributed by atoms with E-state index in [2.05, 4.69) is 10.6 Å². The third kappa shape index (κ3) is 2.03. The molecule has 1 aromatic rings. The standard InChI is InChI=1S/C15H16N2O2/c1-9-5-2-3-6-10(9)14-13-11(16-15(19)17-14)7-4-8-12(13)18/h2-3,5-6,14H,4,7-8H2,1H3,(H2,16,17,19). The van der Waals surface area contributed by atoms with Crippen molar-refractivity contribution in [3.63, 3.8) is 0 Å². The van der Waals surface area contributed by atoms with Crippen LogP contribution in [0, 0.1) is 6.92 Å². The molecule has 19 heavy (non-hydrogen) atoms. The van der Waals surface area contributed by atoms with Gasteiger partial charge < -0.3 is 10.6 Å². The Kier molecular flexibility index (Phi) is 2.85. The Morgan fingerprint density at radius 2 is 1.95 bits per heavy atom. The number of ketones is 1. The summed E-state index contributed by atoms with van der Waals surface area (Å²) in [4.78, 5) is 23.9. The summed E-state index contributed by atoms with van der Waals surface area (Å²) in [6.07, 6.45) is 2.16. The van der Waals surface area contributed by atoms with Gasteiger partial charge >= 0.3 is 6.03 Å². The maximum Gasteiger partial charge on any atom is 0.319 e.